The number of guanidine groups is 1. The third-order valence-electron chi connectivity index (χ3n) is 3.37. The van der Waals surface area contributed by atoms with E-state index in [4.69, 9.17) is 0 Å². The lowest BCUT2D eigenvalue weighted by atomic mass is 10.2. The van der Waals surface area contributed by atoms with E-state index in [9.17, 15) is 0 Å². The maximum absolute atomic E-state index is 4.23. The van der Waals surface area contributed by atoms with E-state index in [1.54, 1.807) is 7.05 Å². The number of nitrogens with one attached hydrogen (secondary N) is 2. The minimum Gasteiger partial charge on any atom is -0.352 e. The fourth-order valence-electron chi connectivity index (χ4n) is 2.23. The van der Waals surface area contributed by atoms with E-state index >= 15 is 0 Å². The summed E-state index contributed by atoms with van der Waals surface area (Å²) in [5.41, 5.74) is 2.01. The summed E-state index contributed by atoms with van der Waals surface area (Å²) in [5.74, 6) is 1.56. The quantitative estimate of drug-likeness (QED) is 0.328. The summed E-state index contributed by atoms with van der Waals surface area (Å²) < 4.78 is 3.02. The molecule has 2 aromatic heterocycles. The first-order chi connectivity index (χ1) is 11.3. The molecule has 0 atom stereocenters. The van der Waals surface area contributed by atoms with Crippen LogP contribution in [0, 0.1) is 0 Å². The van der Waals surface area contributed by atoms with E-state index in [-0.39, 0.29) is 24.0 Å². The van der Waals surface area contributed by atoms with Gasteiger partial charge in [-0.2, -0.15) is 0 Å². The Hall–Kier alpha value is -1.68. The number of fused-ring (bicyclic) bond motifs is 1. The van der Waals surface area contributed by atoms with E-state index in [1.807, 2.05) is 40.9 Å². The predicted molar refractivity (Wildman–Crippen MR) is 110 cm³/mol. The van der Waals surface area contributed by atoms with Gasteiger partial charge in [0.05, 0.1) is 6.54 Å². The normalized spacial score (nSPS) is 11.2. The first-order valence-electron chi connectivity index (χ1n) is 7.24. The molecule has 0 amide bonds. The van der Waals surface area contributed by atoms with Crippen molar-refractivity contribution in [3.05, 3.63) is 64.5 Å². The maximum atomic E-state index is 4.23. The number of benzene rings is 1. The SMILES string of the molecule is CN=C(NCc1cccc(Br)c1)NCc1nnc2ccccn12.I. The molecule has 0 aliphatic rings. The minimum absolute atomic E-state index is 0. The molecule has 3 aromatic rings. The van der Waals surface area contributed by atoms with Gasteiger partial charge in [-0.25, -0.2) is 0 Å². The van der Waals surface area contributed by atoms with Crippen LogP contribution in [0.4, 0.5) is 0 Å². The van der Waals surface area contributed by atoms with Crippen molar-refractivity contribution in [1.82, 2.24) is 25.2 Å². The fourth-order valence-corrected chi connectivity index (χ4v) is 2.67. The third kappa shape index (κ3) is 4.67. The molecule has 0 saturated heterocycles. The molecule has 0 bridgehead atoms. The minimum atomic E-state index is 0. The van der Waals surface area contributed by atoms with Gasteiger partial charge in [-0.1, -0.05) is 34.1 Å². The van der Waals surface area contributed by atoms with E-state index in [0.29, 0.717) is 13.1 Å². The molecule has 126 valence electrons. The van der Waals surface area contributed by atoms with Gasteiger partial charge in [0.25, 0.3) is 0 Å². The molecule has 1 aromatic carbocycles. The Morgan fingerprint density at radius 1 is 1.12 bits per heavy atom. The summed E-state index contributed by atoms with van der Waals surface area (Å²) in [7, 11) is 1.75. The van der Waals surface area contributed by atoms with Crippen LogP contribution in [0.15, 0.2) is 58.1 Å². The Balaban J connectivity index is 0.00000208. The molecular formula is C16H18BrIN6. The fraction of sp³-hybridized carbons (Fsp3) is 0.188. The summed E-state index contributed by atoms with van der Waals surface area (Å²) in [4.78, 5) is 4.23. The van der Waals surface area contributed by atoms with Gasteiger partial charge < -0.3 is 10.6 Å². The van der Waals surface area contributed by atoms with E-state index in [2.05, 4.69) is 53.9 Å². The van der Waals surface area contributed by atoms with Crippen LogP contribution in [0.25, 0.3) is 5.65 Å². The standard InChI is InChI=1S/C16H17BrN6.HI/c1-18-16(19-10-12-5-4-6-13(17)9-12)20-11-15-22-21-14-7-2-3-8-23(14)15;/h2-9H,10-11H2,1H3,(H2,18,19,20);1H. The molecule has 8 heteroatoms. The van der Waals surface area contributed by atoms with Gasteiger partial charge in [-0.15, -0.1) is 34.2 Å². The zero-order valence-electron chi connectivity index (χ0n) is 13.1. The van der Waals surface area contributed by atoms with Crippen LogP contribution in [0.2, 0.25) is 0 Å². The molecule has 24 heavy (non-hydrogen) atoms. The number of pyridine rings is 1. The Morgan fingerprint density at radius 2 is 1.96 bits per heavy atom. The van der Waals surface area contributed by atoms with Crippen LogP contribution in [0.3, 0.4) is 0 Å². The number of hydrogen-bond acceptors (Lipinski definition) is 3. The largest absolute Gasteiger partial charge is 0.352 e. The first-order valence-corrected chi connectivity index (χ1v) is 8.03. The Morgan fingerprint density at radius 3 is 2.75 bits per heavy atom. The molecule has 0 fully saturated rings. The van der Waals surface area contributed by atoms with Crippen molar-refractivity contribution in [1.29, 1.82) is 0 Å². The molecule has 2 heterocycles. The summed E-state index contributed by atoms with van der Waals surface area (Å²) in [5, 5.41) is 14.9. The average molecular weight is 501 g/mol. The van der Waals surface area contributed by atoms with Crippen LogP contribution in [0.1, 0.15) is 11.4 Å². The van der Waals surface area contributed by atoms with Crippen molar-refractivity contribution in [3.8, 4) is 0 Å². The summed E-state index contributed by atoms with van der Waals surface area (Å²) in [6.07, 6.45) is 1.95. The highest BCUT2D eigenvalue weighted by atomic mass is 127. The Kier molecular flexibility index (Phi) is 6.98. The zero-order chi connectivity index (χ0) is 16.1. The van der Waals surface area contributed by atoms with Crippen LogP contribution in [-0.4, -0.2) is 27.6 Å². The zero-order valence-corrected chi connectivity index (χ0v) is 17.0. The van der Waals surface area contributed by atoms with E-state index < -0.39 is 0 Å². The lowest BCUT2D eigenvalue weighted by molar-refractivity contribution is 0.762. The molecule has 0 unspecified atom stereocenters. The van der Waals surface area contributed by atoms with Crippen molar-refractivity contribution in [2.45, 2.75) is 13.1 Å². The van der Waals surface area contributed by atoms with Gasteiger partial charge in [0, 0.05) is 24.3 Å². The summed E-state index contributed by atoms with van der Waals surface area (Å²) in [6, 6.07) is 14.0. The molecular weight excluding hydrogens is 483 g/mol. The number of halogens is 2. The van der Waals surface area contributed by atoms with E-state index in [1.165, 1.54) is 5.56 Å². The lowest BCUT2D eigenvalue weighted by Crippen LogP contribution is -2.36. The topological polar surface area (TPSA) is 66.6 Å². The Labute approximate surface area is 165 Å². The van der Waals surface area contributed by atoms with Crippen molar-refractivity contribution < 1.29 is 0 Å². The lowest BCUT2D eigenvalue weighted by Gasteiger charge is -2.11. The summed E-state index contributed by atoms with van der Waals surface area (Å²) >= 11 is 3.47. The third-order valence-corrected chi connectivity index (χ3v) is 3.86. The van der Waals surface area contributed by atoms with Crippen LogP contribution < -0.4 is 10.6 Å². The van der Waals surface area contributed by atoms with Crippen molar-refractivity contribution in [2.24, 2.45) is 4.99 Å². The van der Waals surface area contributed by atoms with Gasteiger partial charge in [-0.3, -0.25) is 9.39 Å². The molecule has 3 rings (SSSR count). The van der Waals surface area contributed by atoms with Crippen molar-refractivity contribution in [2.75, 3.05) is 7.05 Å². The Bertz CT molecular complexity index is 832. The average Bonchev–Trinajstić information content (AvgIpc) is 2.98. The molecule has 2 N–H and O–H groups in total. The highest BCUT2D eigenvalue weighted by molar-refractivity contribution is 14.0. The van der Waals surface area contributed by atoms with Gasteiger partial charge in [0.2, 0.25) is 0 Å². The molecule has 0 spiro atoms. The van der Waals surface area contributed by atoms with Gasteiger partial charge >= 0.3 is 0 Å². The van der Waals surface area contributed by atoms with Gasteiger partial charge in [-0.05, 0) is 29.8 Å². The van der Waals surface area contributed by atoms with Gasteiger partial charge in [0.1, 0.15) is 0 Å². The second-order valence-corrected chi connectivity index (χ2v) is 5.87. The molecule has 6 nitrogen and oxygen atoms in total. The number of nitrogens with zero attached hydrogens (tertiary/aromatic N) is 4. The molecule has 0 radical (unpaired) electrons. The number of aliphatic imine (C=N–C) groups is 1. The van der Waals surface area contributed by atoms with Crippen molar-refractivity contribution >= 4 is 51.5 Å². The smallest absolute Gasteiger partial charge is 0.191 e. The predicted octanol–water partition coefficient (Wildman–Crippen LogP) is 2.98. The monoisotopic (exact) mass is 500 g/mol. The second kappa shape index (κ2) is 8.97. The first kappa shape index (κ1) is 18.7. The number of aromatic nitrogens is 3. The van der Waals surface area contributed by atoms with Gasteiger partial charge in [0.15, 0.2) is 17.4 Å². The second-order valence-electron chi connectivity index (χ2n) is 4.95. The number of hydrogen-bond donors (Lipinski definition) is 2. The number of rotatable bonds is 4. The highest BCUT2D eigenvalue weighted by Crippen LogP contribution is 2.11. The molecule has 0 saturated carbocycles. The molecule has 0 aliphatic carbocycles. The van der Waals surface area contributed by atoms with Crippen LogP contribution >= 0.6 is 39.9 Å². The van der Waals surface area contributed by atoms with Crippen molar-refractivity contribution in [3.63, 3.8) is 0 Å². The van der Waals surface area contributed by atoms with Crippen LogP contribution in [-0.2, 0) is 13.1 Å². The van der Waals surface area contributed by atoms with E-state index in [0.717, 1.165) is 21.9 Å². The molecule has 0 aliphatic heterocycles. The maximum Gasteiger partial charge on any atom is 0.191 e. The highest BCUT2D eigenvalue weighted by Gasteiger charge is 2.05. The van der Waals surface area contributed by atoms with Crippen LogP contribution in [0.5, 0.6) is 0 Å². The summed E-state index contributed by atoms with van der Waals surface area (Å²) in [6.45, 7) is 1.24.